The van der Waals surface area contributed by atoms with Crippen molar-refractivity contribution in [3.05, 3.63) is 0 Å². The number of alkyl halides is 7. The normalized spacial score (nSPS) is 26.5. The molecule has 1 heterocycles. The van der Waals surface area contributed by atoms with Gasteiger partial charge in [0.05, 0.1) is 13.2 Å². The molecule has 9 heteroatoms. The molecule has 1 aliphatic rings. The predicted octanol–water partition coefficient (Wildman–Crippen LogP) is 2.62. The van der Waals surface area contributed by atoms with E-state index in [1.165, 1.54) is 0 Å². The molecule has 0 aliphatic carbocycles. The molecule has 1 saturated heterocycles. The molecule has 0 bridgehead atoms. The lowest BCUT2D eigenvalue weighted by Gasteiger charge is -2.34. The van der Waals surface area contributed by atoms with Crippen LogP contribution in [0.2, 0.25) is 0 Å². The van der Waals surface area contributed by atoms with Gasteiger partial charge in [0, 0.05) is 0 Å². The summed E-state index contributed by atoms with van der Waals surface area (Å²) in [6.07, 6.45) is -10.2. The Balaban J connectivity index is 2.88. The van der Waals surface area contributed by atoms with E-state index in [2.05, 4.69) is 9.47 Å². The molecule has 3 unspecified atom stereocenters. The number of ether oxygens (including phenoxy) is 2. The monoisotopic (exact) mass is 270 g/mol. The van der Waals surface area contributed by atoms with Crippen molar-refractivity contribution in [2.45, 2.75) is 37.2 Å². The van der Waals surface area contributed by atoms with Gasteiger partial charge in [-0.25, -0.2) is 8.78 Å². The summed E-state index contributed by atoms with van der Waals surface area (Å²) in [6.45, 7) is -0.585. The summed E-state index contributed by atoms with van der Waals surface area (Å²) in [5, 5.41) is 0. The van der Waals surface area contributed by atoms with Crippen LogP contribution in [0.3, 0.4) is 0 Å². The minimum Gasteiger partial charge on any atom is -0.371 e. The summed E-state index contributed by atoms with van der Waals surface area (Å²) in [5.74, 6) is -10.7. The van der Waals surface area contributed by atoms with Gasteiger partial charge in [0.2, 0.25) is 0 Å². The Kier molecular flexibility index (Phi) is 3.64. The summed E-state index contributed by atoms with van der Waals surface area (Å²) in [6, 6.07) is 0. The average Bonchev–Trinajstić information content (AvgIpc) is 2.94. The van der Waals surface area contributed by atoms with Gasteiger partial charge < -0.3 is 9.47 Å². The summed E-state index contributed by atoms with van der Waals surface area (Å²) in [7, 11) is 0. The topological polar surface area (TPSA) is 21.8 Å². The smallest absolute Gasteiger partial charge is 0.371 e. The van der Waals surface area contributed by atoms with Crippen LogP contribution in [0.1, 0.15) is 6.92 Å². The van der Waals surface area contributed by atoms with E-state index in [1.54, 1.807) is 0 Å². The Morgan fingerprint density at radius 1 is 1.24 bits per heavy atom. The zero-order chi connectivity index (χ0) is 13.5. The highest BCUT2D eigenvalue weighted by Crippen LogP contribution is 2.48. The van der Waals surface area contributed by atoms with Crippen LogP contribution in [0.15, 0.2) is 0 Å². The van der Waals surface area contributed by atoms with E-state index in [1.807, 2.05) is 0 Å². The van der Waals surface area contributed by atoms with Crippen molar-refractivity contribution in [3.8, 4) is 0 Å². The molecular weight excluding hydrogens is 261 g/mol. The molecule has 0 aromatic heterocycles. The fraction of sp³-hybridized carbons (Fsp3) is 1.00. The molecule has 17 heavy (non-hydrogen) atoms. The van der Waals surface area contributed by atoms with E-state index in [4.69, 9.17) is 0 Å². The Labute approximate surface area is 91.7 Å². The van der Waals surface area contributed by atoms with E-state index in [0.717, 1.165) is 0 Å². The standard InChI is InChI=1S/C8H9F7O2/c1-4(9)6(10,17-3-5-2-16-5)7(11,12)8(13,14)15/h4-5H,2-3H2,1H3. The molecule has 0 spiro atoms. The molecule has 1 fully saturated rings. The van der Waals surface area contributed by atoms with Gasteiger partial charge in [0.25, 0.3) is 0 Å². The average molecular weight is 270 g/mol. The third-order valence-electron chi connectivity index (χ3n) is 2.18. The zero-order valence-corrected chi connectivity index (χ0v) is 8.53. The zero-order valence-electron chi connectivity index (χ0n) is 8.53. The van der Waals surface area contributed by atoms with Gasteiger partial charge in [-0.1, -0.05) is 0 Å². The summed E-state index contributed by atoms with van der Waals surface area (Å²) < 4.78 is 95.9. The lowest BCUT2D eigenvalue weighted by molar-refractivity contribution is -0.395. The number of hydrogen-bond donors (Lipinski definition) is 0. The van der Waals surface area contributed by atoms with Crippen LogP contribution < -0.4 is 0 Å². The second-order valence-corrected chi connectivity index (χ2v) is 3.60. The van der Waals surface area contributed by atoms with Gasteiger partial charge in [-0.05, 0) is 6.92 Å². The van der Waals surface area contributed by atoms with Gasteiger partial charge in [0.1, 0.15) is 6.10 Å². The van der Waals surface area contributed by atoms with Crippen LogP contribution in [0.25, 0.3) is 0 Å². The lowest BCUT2D eigenvalue weighted by atomic mass is 10.1. The number of hydrogen-bond acceptors (Lipinski definition) is 2. The molecule has 0 N–H and O–H groups in total. The highest BCUT2D eigenvalue weighted by Gasteiger charge is 2.75. The Bertz CT molecular complexity index is 274. The van der Waals surface area contributed by atoms with Crippen molar-refractivity contribution < 1.29 is 40.2 Å². The Morgan fingerprint density at radius 2 is 1.71 bits per heavy atom. The third kappa shape index (κ3) is 2.65. The van der Waals surface area contributed by atoms with E-state index >= 15 is 0 Å². The number of halogens is 7. The van der Waals surface area contributed by atoms with Crippen molar-refractivity contribution in [1.29, 1.82) is 0 Å². The summed E-state index contributed by atoms with van der Waals surface area (Å²) >= 11 is 0. The first-order chi connectivity index (χ1) is 7.52. The van der Waals surface area contributed by atoms with Crippen LogP contribution >= 0.6 is 0 Å². The van der Waals surface area contributed by atoms with E-state index in [-0.39, 0.29) is 13.5 Å². The highest BCUT2D eigenvalue weighted by molar-refractivity contribution is 4.96. The maximum Gasteiger partial charge on any atom is 0.459 e. The van der Waals surface area contributed by atoms with Gasteiger partial charge >= 0.3 is 18.0 Å². The number of epoxide rings is 1. The second-order valence-electron chi connectivity index (χ2n) is 3.60. The first-order valence-corrected chi connectivity index (χ1v) is 4.55. The largest absolute Gasteiger partial charge is 0.459 e. The summed E-state index contributed by atoms with van der Waals surface area (Å²) in [5.41, 5.74) is 0. The second kappa shape index (κ2) is 4.27. The molecule has 1 rings (SSSR count). The van der Waals surface area contributed by atoms with Crippen LogP contribution in [0.5, 0.6) is 0 Å². The molecule has 0 amide bonds. The van der Waals surface area contributed by atoms with E-state index < -0.39 is 36.8 Å². The molecule has 0 saturated carbocycles. The van der Waals surface area contributed by atoms with Crippen molar-refractivity contribution in [2.75, 3.05) is 13.2 Å². The van der Waals surface area contributed by atoms with Crippen molar-refractivity contribution in [1.82, 2.24) is 0 Å². The summed E-state index contributed by atoms with van der Waals surface area (Å²) in [4.78, 5) is 0. The molecular formula is C8H9F7O2. The van der Waals surface area contributed by atoms with Crippen LogP contribution in [0, 0.1) is 0 Å². The highest BCUT2D eigenvalue weighted by atomic mass is 19.4. The van der Waals surface area contributed by atoms with Crippen molar-refractivity contribution in [3.63, 3.8) is 0 Å². The molecule has 102 valence electrons. The van der Waals surface area contributed by atoms with Gasteiger partial charge in [-0.15, -0.1) is 0 Å². The first kappa shape index (κ1) is 14.5. The Morgan fingerprint density at radius 3 is 2.00 bits per heavy atom. The third-order valence-corrected chi connectivity index (χ3v) is 2.18. The van der Waals surface area contributed by atoms with Gasteiger partial charge in [-0.2, -0.15) is 22.0 Å². The van der Waals surface area contributed by atoms with Crippen LogP contribution in [-0.4, -0.2) is 43.4 Å². The van der Waals surface area contributed by atoms with Crippen LogP contribution in [-0.2, 0) is 9.47 Å². The molecule has 0 aromatic rings. The van der Waals surface area contributed by atoms with Crippen molar-refractivity contribution >= 4 is 0 Å². The Hall–Kier alpha value is -0.570. The fourth-order valence-corrected chi connectivity index (χ4v) is 1.03. The fourth-order valence-electron chi connectivity index (χ4n) is 1.03. The SMILES string of the molecule is CC(F)C(F)(OCC1CO1)C(F)(F)C(F)(F)F. The first-order valence-electron chi connectivity index (χ1n) is 4.55. The molecule has 2 nitrogen and oxygen atoms in total. The molecule has 3 atom stereocenters. The van der Waals surface area contributed by atoms with E-state index in [9.17, 15) is 30.7 Å². The lowest BCUT2D eigenvalue weighted by Crippen LogP contribution is -2.60. The maximum absolute atomic E-state index is 13.5. The molecule has 0 radical (unpaired) electrons. The van der Waals surface area contributed by atoms with Gasteiger partial charge in [0.15, 0.2) is 6.17 Å². The van der Waals surface area contributed by atoms with Crippen molar-refractivity contribution in [2.24, 2.45) is 0 Å². The van der Waals surface area contributed by atoms with E-state index in [0.29, 0.717) is 0 Å². The maximum atomic E-state index is 13.5. The minimum atomic E-state index is -6.24. The minimum absolute atomic E-state index is 0.0499. The van der Waals surface area contributed by atoms with Gasteiger partial charge in [-0.3, -0.25) is 0 Å². The number of rotatable bonds is 5. The molecule has 1 aliphatic heterocycles. The van der Waals surface area contributed by atoms with Crippen LogP contribution in [0.4, 0.5) is 30.7 Å². The quantitative estimate of drug-likeness (QED) is 0.566. The molecule has 0 aromatic carbocycles. The predicted molar refractivity (Wildman–Crippen MR) is 41.1 cm³/mol.